The van der Waals surface area contributed by atoms with Crippen LogP contribution in [-0.2, 0) is 24.2 Å². The molecule has 2 heterocycles. The van der Waals surface area contributed by atoms with Crippen molar-refractivity contribution < 1.29 is 14.7 Å². The fourth-order valence-electron chi connectivity index (χ4n) is 3.16. The number of anilines is 1. The molecule has 0 atom stereocenters. The summed E-state index contributed by atoms with van der Waals surface area (Å²) >= 11 is 1.72. The Labute approximate surface area is 157 Å². The molecule has 2 aromatic heterocycles. The quantitative estimate of drug-likeness (QED) is 0.713. The van der Waals surface area contributed by atoms with Crippen molar-refractivity contribution in [3.8, 4) is 0 Å². The van der Waals surface area contributed by atoms with E-state index in [2.05, 4.69) is 31.1 Å². The molecule has 140 valence electrons. The molecule has 4 N–H and O–H groups in total. The summed E-state index contributed by atoms with van der Waals surface area (Å²) in [6.07, 6.45) is 5.05. The highest BCUT2D eigenvalue weighted by Gasteiger charge is 2.29. The summed E-state index contributed by atoms with van der Waals surface area (Å²) in [5.41, 5.74) is 9.85. The van der Waals surface area contributed by atoms with Crippen LogP contribution in [0.15, 0.2) is 18.3 Å². The van der Waals surface area contributed by atoms with E-state index in [1.807, 2.05) is 0 Å². The Morgan fingerprint density at radius 2 is 2.19 bits per heavy atom. The lowest BCUT2D eigenvalue weighted by atomic mass is 9.76. The normalized spacial score (nSPS) is 14.6. The van der Waals surface area contributed by atoms with Crippen LogP contribution in [0.3, 0.4) is 0 Å². The first-order valence-corrected chi connectivity index (χ1v) is 9.29. The molecule has 0 saturated heterocycles. The maximum Gasteiger partial charge on any atom is 0.290 e. The molecule has 0 bridgehead atoms. The second-order valence-corrected chi connectivity index (χ2v) is 8.17. The van der Waals surface area contributed by atoms with Crippen molar-refractivity contribution in [2.45, 2.75) is 46.6 Å². The average Bonchev–Trinajstić information content (AvgIpc) is 2.90. The van der Waals surface area contributed by atoms with Crippen molar-refractivity contribution in [1.29, 1.82) is 0 Å². The van der Waals surface area contributed by atoms with Gasteiger partial charge in [0, 0.05) is 17.6 Å². The van der Waals surface area contributed by atoms with Gasteiger partial charge in [-0.3, -0.25) is 14.6 Å². The Bertz CT molecular complexity index is 799. The summed E-state index contributed by atoms with van der Waals surface area (Å²) in [6.45, 7) is 6.75. The first kappa shape index (κ1) is 20.1. The molecule has 26 heavy (non-hydrogen) atoms. The van der Waals surface area contributed by atoms with Gasteiger partial charge in [-0.2, -0.15) is 0 Å². The molecule has 0 aromatic carbocycles. The number of pyridine rings is 1. The number of carbonyl (C=O) groups is 2. The SMILES string of the molecule is Cc1c(NC(=O)c2cccnc2CN)sc2c1CC(C)(C)CC2.O=CO. The number of hydrogen-bond donors (Lipinski definition) is 3. The molecule has 7 heteroatoms. The van der Waals surface area contributed by atoms with Crippen LogP contribution in [0.25, 0.3) is 0 Å². The van der Waals surface area contributed by atoms with Gasteiger partial charge in [0.1, 0.15) is 0 Å². The van der Waals surface area contributed by atoms with E-state index in [0.29, 0.717) is 16.7 Å². The minimum absolute atomic E-state index is 0.125. The molecule has 1 aliphatic rings. The maximum atomic E-state index is 12.6. The van der Waals surface area contributed by atoms with E-state index in [1.165, 1.54) is 22.4 Å². The molecule has 0 unspecified atom stereocenters. The Kier molecular flexibility index (Phi) is 6.50. The summed E-state index contributed by atoms with van der Waals surface area (Å²) in [6, 6.07) is 3.54. The number of rotatable bonds is 3. The third kappa shape index (κ3) is 4.47. The summed E-state index contributed by atoms with van der Waals surface area (Å²) in [7, 11) is 0. The highest BCUT2D eigenvalue weighted by Crippen LogP contribution is 2.43. The molecule has 0 radical (unpaired) electrons. The number of fused-ring (bicyclic) bond motifs is 1. The number of hydrogen-bond acceptors (Lipinski definition) is 5. The van der Waals surface area contributed by atoms with Gasteiger partial charge in [0.25, 0.3) is 12.4 Å². The largest absolute Gasteiger partial charge is 0.483 e. The molecule has 6 nitrogen and oxygen atoms in total. The monoisotopic (exact) mass is 375 g/mol. The minimum atomic E-state index is -0.250. The Morgan fingerprint density at radius 3 is 2.85 bits per heavy atom. The van der Waals surface area contributed by atoms with Crippen LogP contribution < -0.4 is 11.1 Å². The zero-order valence-electron chi connectivity index (χ0n) is 15.3. The third-order valence-electron chi connectivity index (χ3n) is 4.59. The fourth-order valence-corrected chi connectivity index (χ4v) is 4.38. The van der Waals surface area contributed by atoms with Crippen LogP contribution in [0.1, 0.15) is 52.3 Å². The average molecular weight is 375 g/mol. The molecule has 2 aromatic rings. The van der Waals surface area contributed by atoms with Gasteiger partial charge >= 0.3 is 0 Å². The molecule has 0 fully saturated rings. The van der Waals surface area contributed by atoms with Crippen molar-refractivity contribution in [1.82, 2.24) is 4.98 Å². The smallest absolute Gasteiger partial charge is 0.290 e. The van der Waals surface area contributed by atoms with E-state index >= 15 is 0 Å². The van der Waals surface area contributed by atoms with Crippen LogP contribution >= 0.6 is 11.3 Å². The molecule has 0 aliphatic heterocycles. The second-order valence-electron chi connectivity index (χ2n) is 7.06. The zero-order valence-corrected chi connectivity index (χ0v) is 16.2. The summed E-state index contributed by atoms with van der Waals surface area (Å²) in [5, 5.41) is 10.9. The Morgan fingerprint density at radius 1 is 1.50 bits per heavy atom. The summed E-state index contributed by atoms with van der Waals surface area (Å²) in [4.78, 5) is 26.6. The lowest BCUT2D eigenvalue weighted by molar-refractivity contribution is -0.122. The second kappa shape index (κ2) is 8.42. The van der Waals surface area contributed by atoms with Gasteiger partial charge in [-0.15, -0.1) is 11.3 Å². The van der Waals surface area contributed by atoms with Gasteiger partial charge in [0.05, 0.1) is 16.3 Å². The van der Waals surface area contributed by atoms with E-state index in [4.69, 9.17) is 15.6 Å². The highest BCUT2D eigenvalue weighted by molar-refractivity contribution is 7.16. The van der Waals surface area contributed by atoms with Crippen molar-refractivity contribution in [3.63, 3.8) is 0 Å². The maximum absolute atomic E-state index is 12.6. The molecule has 1 amide bonds. The number of nitrogens with two attached hydrogens (primary N) is 1. The number of amides is 1. The Hall–Kier alpha value is -2.25. The first-order chi connectivity index (χ1) is 12.3. The molecular weight excluding hydrogens is 350 g/mol. The van der Waals surface area contributed by atoms with Gasteiger partial charge in [0.2, 0.25) is 0 Å². The lowest BCUT2D eigenvalue weighted by Gasteiger charge is -2.29. The van der Waals surface area contributed by atoms with Gasteiger partial charge in [0.15, 0.2) is 0 Å². The highest BCUT2D eigenvalue weighted by atomic mass is 32.1. The number of aryl methyl sites for hydroxylation is 1. The van der Waals surface area contributed by atoms with Crippen molar-refractivity contribution in [2.24, 2.45) is 11.1 Å². The summed E-state index contributed by atoms with van der Waals surface area (Å²) < 4.78 is 0. The molecule has 3 rings (SSSR count). The third-order valence-corrected chi connectivity index (χ3v) is 5.90. The van der Waals surface area contributed by atoms with Crippen LogP contribution in [-0.4, -0.2) is 22.5 Å². The first-order valence-electron chi connectivity index (χ1n) is 8.47. The standard InChI is InChI=1S/C18H23N3OS.CH2O2/c1-11-13-9-18(2,3)7-6-15(13)23-17(11)21-16(22)12-5-4-8-20-14(12)10-19;2-1-3/h4-5,8H,6-7,9-10,19H2,1-3H3,(H,21,22);1H,(H,2,3). The number of nitrogens with one attached hydrogen (secondary N) is 1. The fraction of sp³-hybridized carbons (Fsp3) is 0.421. The van der Waals surface area contributed by atoms with Crippen molar-refractivity contribution in [2.75, 3.05) is 5.32 Å². The zero-order chi connectivity index (χ0) is 19.3. The molecular formula is C19H25N3O3S. The summed E-state index contributed by atoms with van der Waals surface area (Å²) in [5.74, 6) is -0.125. The van der Waals surface area contributed by atoms with E-state index in [-0.39, 0.29) is 18.9 Å². The van der Waals surface area contributed by atoms with Crippen LogP contribution in [0.5, 0.6) is 0 Å². The van der Waals surface area contributed by atoms with Gasteiger partial charge < -0.3 is 16.2 Å². The van der Waals surface area contributed by atoms with Crippen LogP contribution in [0.2, 0.25) is 0 Å². The van der Waals surface area contributed by atoms with Gasteiger partial charge in [-0.25, -0.2) is 0 Å². The predicted octanol–water partition coefficient (Wildman–Crippen LogP) is 3.38. The number of carboxylic acid groups (broad SMARTS) is 1. The number of aromatic nitrogens is 1. The van der Waals surface area contributed by atoms with Crippen molar-refractivity contribution >= 4 is 28.7 Å². The lowest BCUT2D eigenvalue weighted by Crippen LogP contribution is -2.21. The molecule has 0 saturated carbocycles. The van der Waals surface area contributed by atoms with Crippen molar-refractivity contribution in [3.05, 3.63) is 45.6 Å². The molecule has 1 aliphatic carbocycles. The van der Waals surface area contributed by atoms with E-state index in [1.54, 1.807) is 29.7 Å². The van der Waals surface area contributed by atoms with Crippen LogP contribution in [0, 0.1) is 12.3 Å². The van der Waals surface area contributed by atoms with Gasteiger partial charge in [-0.1, -0.05) is 13.8 Å². The van der Waals surface area contributed by atoms with Crippen LogP contribution in [0.4, 0.5) is 5.00 Å². The predicted molar refractivity (Wildman–Crippen MR) is 104 cm³/mol. The number of thiophene rings is 1. The Balaban J connectivity index is 0.000000758. The number of carbonyl (C=O) groups excluding carboxylic acids is 1. The minimum Gasteiger partial charge on any atom is -0.483 e. The topological polar surface area (TPSA) is 105 Å². The van der Waals surface area contributed by atoms with E-state index in [0.717, 1.165) is 17.8 Å². The number of nitrogens with zero attached hydrogens (tertiary/aromatic N) is 1. The van der Waals surface area contributed by atoms with Gasteiger partial charge in [-0.05, 0) is 54.9 Å². The molecule has 0 spiro atoms. The van der Waals surface area contributed by atoms with E-state index < -0.39 is 0 Å². The van der Waals surface area contributed by atoms with E-state index in [9.17, 15) is 4.79 Å².